The second-order valence-corrected chi connectivity index (χ2v) is 8.87. The zero-order chi connectivity index (χ0) is 21.2. The van der Waals surface area contributed by atoms with Gasteiger partial charge in [-0.25, -0.2) is 0 Å². The van der Waals surface area contributed by atoms with E-state index in [0.29, 0.717) is 12.3 Å². The number of amides is 1. The SMILES string of the molecule is CN1CCCC1=NS(=O)(=O)c1cccc(NC(=O)c2ccc(Br)c([N+](=O)[O-])c2)c1. The number of hydrogen-bond donors (Lipinski definition) is 1. The number of carbonyl (C=O) groups is 1. The minimum absolute atomic E-state index is 0.0510. The van der Waals surface area contributed by atoms with E-state index in [1.807, 2.05) is 0 Å². The lowest BCUT2D eigenvalue weighted by molar-refractivity contribution is -0.385. The van der Waals surface area contributed by atoms with Crippen molar-refractivity contribution in [1.82, 2.24) is 4.90 Å². The Hall–Kier alpha value is -2.79. The van der Waals surface area contributed by atoms with Gasteiger partial charge >= 0.3 is 0 Å². The molecule has 0 aliphatic carbocycles. The Morgan fingerprint density at radius 2 is 2.03 bits per heavy atom. The molecule has 1 amide bonds. The Labute approximate surface area is 175 Å². The van der Waals surface area contributed by atoms with E-state index in [9.17, 15) is 23.3 Å². The molecule has 2 aromatic rings. The molecule has 29 heavy (non-hydrogen) atoms. The van der Waals surface area contributed by atoms with E-state index < -0.39 is 20.9 Å². The molecule has 2 aromatic carbocycles. The highest BCUT2D eigenvalue weighted by Crippen LogP contribution is 2.26. The van der Waals surface area contributed by atoms with Gasteiger partial charge < -0.3 is 10.2 Å². The normalized spacial score (nSPS) is 15.5. The number of benzene rings is 2. The number of nitrogens with one attached hydrogen (secondary N) is 1. The summed E-state index contributed by atoms with van der Waals surface area (Å²) in [7, 11) is -2.14. The molecule has 9 nitrogen and oxygen atoms in total. The van der Waals surface area contributed by atoms with Crippen LogP contribution in [0.25, 0.3) is 0 Å². The predicted molar refractivity (Wildman–Crippen MR) is 112 cm³/mol. The number of nitro benzene ring substituents is 1. The van der Waals surface area contributed by atoms with E-state index >= 15 is 0 Å². The molecule has 0 aromatic heterocycles. The number of sulfonamides is 1. The Bertz CT molecular complexity index is 1120. The summed E-state index contributed by atoms with van der Waals surface area (Å²) < 4.78 is 29.3. The summed E-state index contributed by atoms with van der Waals surface area (Å²) in [6, 6.07) is 9.69. The molecular weight excluding hydrogens is 464 g/mol. The largest absolute Gasteiger partial charge is 0.362 e. The summed E-state index contributed by atoms with van der Waals surface area (Å²) in [6.07, 6.45) is 1.44. The highest BCUT2D eigenvalue weighted by Gasteiger charge is 2.21. The van der Waals surface area contributed by atoms with Crippen molar-refractivity contribution in [2.45, 2.75) is 17.7 Å². The van der Waals surface area contributed by atoms with Gasteiger partial charge in [-0.2, -0.15) is 8.42 Å². The summed E-state index contributed by atoms with van der Waals surface area (Å²) in [5.74, 6) is -0.0985. The summed E-state index contributed by atoms with van der Waals surface area (Å²) in [5, 5.41) is 13.6. The second kappa shape index (κ2) is 8.29. The topological polar surface area (TPSA) is 122 Å². The van der Waals surface area contributed by atoms with Gasteiger partial charge in [0.1, 0.15) is 5.84 Å². The number of likely N-dealkylation sites (tertiary alicyclic amines) is 1. The molecule has 1 aliphatic heterocycles. The monoisotopic (exact) mass is 480 g/mol. The highest BCUT2D eigenvalue weighted by atomic mass is 79.9. The van der Waals surface area contributed by atoms with Gasteiger partial charge in [-0.3, -0.25) is 14.9 Å². The van der Waals surface area contributed by atoms with Crippen LogP contribution >= 0.6 is 15.9 Å². The van der Waals surface area contributed by atoms with Gasteiger partial charge in [-0.1, -0.05) is 6.07 Å². The number of rotatable bonds is 5. The first-order valence-corrected chi connectivity index (χ1v) is 10.8. The van der Waals surface area contributed by atoms with Crippen molar-refractivity contribution in [3.63, 3.8) is 0 Å². The maximum absolute atomic E-state index is 12.6. The smallest absolute Gasteiger partial charge is 0.284 e. The molecule has 1 fully saturated rings. The minimum atomic E-state index is -3.92. The summed E-state index contributed by atoms with van der Waals surface area (Å²) >= 11 is 3.06. The van der Waals surface area contributed by atoms with Gasteiger partial charge in [0.15, 0.2) is 0 Å². The van der Waals surface area contributed by atoms with Crippen molar-refractivity contribution in [3.05, 3.63) is 62.6 Å². The number of nitro groups is 1. The van der Waals surface area contributed by atoms with E-state index in [-0.39, 0.29) is 26.3 Å². The van der Waals surface area contributed by atoms with Gasteiger partial charge in [0, 0.05) is 37.3 Å². The van der Waals surface area contributed by atoms with Crippen LogP contribution in [0.3, 0.4) is 0 Å². The Balaban J connectivity index is 1.84. The molecule has 1 saturated heterocycles. The lowest BCUT2D eigenvalue weighted by Gasteiger charge is -2.11. The van der Waals surface area contributed by atoms with E-state index in [1.54, 1.807) is 11.9 Å². The first kappa shape index (κ1) is 20.9. The van der Waals surface area contributed by atoms with Crippen LogP contribution in [0.2, 0.25) is 0 Å². The third-order valence-electron chi connectivity index (χ3n) is 4.35. The van der Waals surface area contributed by atoms with Crippen LogP contribution in [0.5, 0.6) is 0 Å². The van der Waals surface area contributed by atoms with Crippen LogP contribution in [0.4, 0.5) is 11.4 Å². The average Bonchev–Trinajstić information content (AvgIpc) is 3.06. The number of amidine groups is 1. The zero-order valence-corrected chi connectivity index (χ0v) is 17.7. The van der Waals surface area contributed by atoms with E-state index in [4.69, 9.17) is 0 Å². The van der Waals surface area contributed by atoms with Crippen molar-refractivity contribution >= 4 is 49.1 Å². The third-order valence-corrected chi connectivity index (χ3v) is 6.33. The maximum Gasteiger partial charge on any atom is 0.284 e. The molecule has 0 radical (unpaired) electrons. The van der Waals surface area contributed by atoms with Crippen molar-refractivity contribution in [3.8, 4) is 0 Å². The standard InChI is InChI=1S/C18H17BrN4O5S/c1-22-9-3-6-17(22)21-29(27,28)14-5-2-4-13(11-14)20-18(24)12-7-8-15(19)16(10-12)23(25)26/h2,4-5,7-8,10-11H,3,6,9H2,1H3,(H,20,24). The molecule has 1 N–H and O–H groups in total. The van der Waals surface area contributed by atoms with Gasteiger partial charge in [0.05, 0.1) is 14.3 Å². The highest BCUT2D eigenvalue weighted by molar-refractivity contribution is 9.10. The quantitative estimate of drug-likeness (QED) is 0.516. The first-order valence-electron chi connectivity index (χ1n) is 8.58. The molecule has 11 heteroatoms. The molecule has 3 rings (SSSR count). The summed E-state index contributed by atoms with van der Waals surface area (Å²) in [5.41, 5.74) is 0.0630. The average molecular weight is 481 g/mol. The number of hydrogen-bond acceptors (Lipinski definition) is 5. The zero-order valence-electron chi connectivity index (χ0n) is 15.3. The molecule has 0 bridgehead atoms. The number of halogens is 1. The van der Waals surface area contributed by atoms with Crippen LogP contribution in [0.15, 0.2) is 56.2 Å². The van der Waals surface area contributed by atoms with Crippen LogP contribution in [-0.4, -0.2) is 43.6 Å². The fourth-order valence-corrected chi connectivity index (χ4v) is 4.36. The van der Waals surface area contributed by atoms with Crippen molar-refractivity contribution in [2.24, 2.45) is 4.40 Å². The van der Waals surface area contributed by atoms with Crippen molar-refractivity contribution in [1.29, 1.82) is 0 Å². The van der Waals surface area contributed by atoms with E-state index in [0.717, 1.165) is 19.0 Å². The summed E-state index contributed by atoms with van der Waals surface area (Å²) in [6.45, 7) is 0.754. The lowest BCUT2D eigenvalue weighted by atomic mass is 10.2. The number of carbonyl (C=O) groups excluding carboxylic acids is 1. The molecule has 0 unspecified atom stereocenters. The minimum Gasteiger partial charge on any atom is -0.362 e. The molecule has 0 atom stereocenters. The first-order chi connectivity index (χ1) is 13.7. The fraction of sp³-hybridized carbons (Fsp3) is 0.222. The maximum atomic E-state index is 12.6. The lowest BCUT2D eigenvalue weighted by Crippen LogP contribution is -2.20. The third kappa shape index (κ3) is 4.80. The van der Waals surface area contributed by atoms with Gasteiger partial charge in [-0.15, -0.1) is 4.40 Å². The summed E-state index contributed by atoms with van der Waals surface area (Å²) in [4.78, 5) is 24.6. The van der Waals surface area contributed by atoms with Crippen LogP contribution in [-0.2, 0) is 10.0 Å². The van der Waals surface area contributed by atoms with E-state index in [2.05, 4.69) is 25.6 Å². The van der Waals surface area contributed by atoms with Crippen molar-refractivity contribution in [2.75, 3.05) is 18.9 Å². The Kier molecular flexibility index (Phi) is 5.99. The van der Waals surface area contributed by atoms with Crippen LogP contribution < -0.4 is 5.32 Å². The Morgan fingerprint density at radius 3 is 2.69 bits per heavy atom. The van der Waals surface area contributed by atoms with Crippen LogP contribution in [0, 0.1) is 10.1 Å². The van der Waals surface area contributed by atoms with Gasteiger partial charge in [0.2, 0.25) is 0 Å². The van der Waals surface area contributed by atoms with Crippen molar-refractivity contribution < 1.29 is 18.1 Å². The molecule has 0 spiro atoms. The Morgan fingerprint density at radius 1 is 1.28 bits per heavy atom. The van der Waals surface area contributed by atoms with Crippen LogP contribution in [0.1, 0.15) is 23.2 Å². The molecule has 1 heterocycles. The fourth-order valence-electron chi connectivity index (χ4n) is 2.83. The van der Waals surface area contributed by atoms with E-state index in [1.165, 1.54) is 36.4 Å². The molecule has 152 valence electrons. The molecule has 1 aliphatic rings. The number of anilines is 1. The predicted octanol–water partition coefficient (Wildman–Crippen LogP) is 3.42. The van der Waals surface area contributed by atoms with Gasteiger partial charge in [-0.05, 0) is 52.7 Å². The molecule has 0 saturated carbocycles. The second-order valence-electron chi connectivity index (χ2n) is 6.41. The number of nitrogens with zero attached hydrogens (tertiary/aromatic N) is 3. The van der Waals surface area contributed by atoms with Gasteiger partial charge in [0.25, 0.3) is 21.6 Å². The molecular formula is C18H17BrN4O5S.